The summed E-state index contributed by atoms with van der Waals surface area (Å²) in [7, 11) is 0. The molecule has 2 bridgehead atoms. The number of nitrogens with zero attached hydrogens (tertiary/aromatic N) is 6. The van der Waals surface area contributed by atoms with Crippen LogP contribution in [-0.4, -0.2) is 101 Å². The van der Waals surface area contributed by atoms with Crippen LogP contribution >= 0.6 is 15.9 Å². The smallest absolute Gasteiger partial charge is 0.250 e. The van der Waals surface area contributed by atoms with Crippen molar-refractivity contribution in [2.45, 2.75) is 61.5 Å². The van der Waals surface area contributed by atoms with E-state index in [1.54, 1.807) is 31.5 Å². The van der Waals surface area contributed by atoms with Crippen molar-refractivity contribution in [2.24, 2.45) is 11.8 Å². The van der Waals surface area contributed by atoms with Crippen LogP contribution in [0.1, 0.15) is 31.2 Å². The fourth-order valence-electron chi connectivity index (χ4n) is 7.63. The molecule has 12 heteroatoms. The number of para-hydroxylation sites is 1. The summed E-state index contributed by atoms with van der Waals surface area (Å²) in [4.78, 5) is 48.6. The van der Waals surface area contributed by atoms with Crippen LogP contribution in [0.3, 0.4) is 0 Å². The first kappa shape index (κ1) is 33.0. The standard InChI is InChI=1S/C35H41BrN6O5/c1-3-17-39(22-24-13-7-5-8-14-24)32(44)28-29-33(45)41(19-11-6-12-20-43)31(35(29)21-25(36)30(28)47-35)34(46)40(18-4-2)23-42-27-16-10-9-15-26(27)37-38-42/h3-5,7-10,13-16,25,28-31,43H,1-2,6,11-12,17-23H2/t25?,28-,29+,30-,31?,35?/m1/s1. The molecule has 2 aromatic carbocycles. The monoisotopic (exact) mass is 704 g/mol. The molecule has 1 N–H and O–H groups in total. The Morgan fingerprint density at radius 3 is 2.49 bits per heavy atom. The molecular formula is C35H41BrN6O5. The van der Waals surface area contributed by atoms with E-state index in [1.807, 2.05) is 54.6 Å². The highest BCUT2D eigenvalue weighted by atomic mass is 79.9. The minimum Gasteiger partial charge on any atom is -0.396 e. The fraction of sp³-hybridized carbons (Fsp3) is 0.457. The number of likely N-dealkylation sites (tertiary alicyclic amines) is 1. The molecule has 47 heavy (non-hydrogen) atoms. The van der Waals surface area contributed by atoms with E-state index in [2.05, 4.69) is 39.4 Å². The Balaban J connectivity index is 1.35. The van der Waals surface area contributed by atoms with Gasteiger partial charge in [0, 0.05) is 37.6 Å². The van der Waals surface area contributed by atoms with Crippen molar-refractivity contribution in [2.75, 3.05) is 26.2 Å². The van der Waals surface area contributed by atoms with E-state index in [4.69, 9.17) is 4.74 Å². The molecule has 11 nitrogen and oxygen atoms in total. The summed E-state index contributed by atoms with van der Waals surface area (Å²) in [5, 5.41) is 17.9. The summed E-state index contributed by atoms with van der Waals surface area (Å²) >= 11 is 3.79. The molecule has 3 fully saturated rings. The maximum absolute atomic E-state index is 14.8. The molecule has 0 radical (unpaired) electrons. The number of halogens is 1. The zero-order valence-corrected chi connectivity index (χ0v) is 28.0. The summed E-state index contributed by atoms with van der Waals surface area (Å²) in [6.45, 7) is 9.12. The maximum Gasteiger partial charge on any atom is 0.250 e. The number of fused-ring (bicyclic) bond motifs is 2. The van der Waals surface area contributed by atoms with Gasteiger partial charge in [-0.15, -0.1) is 18.3 Å². The third-order valence-electron chi connectivity index (χ3n) is 9.63. The number of aromatic nitrogens is 3. The van der Waals surface area contributed by atoms with Gasteiger partial charge in [0.1, 0.15) is 23.8 Å². The van der Waals surface area contributed by atoms with E-state index in [-0.39, 0.29) is 42.4 Å². The average molecular weight is 706 g/mol. The van der Waals surface area contributed by atoms with Crippen molar-refractivity contribution >= 4 is 44.7 Å². The number of carbonyl (C=O) groups is 3. The molecule has 0 saturated carbocycles. The SMILES string of the molecule is C=CCN(Cn1nnc2ccccc21)C(=O)C1N(CCCCCO)C(=O)[C@@H]2[C@@H](C(=O)N(CC=C)Cc3ccccc3)[C@@H]3OC12CC3Br. The number of hydrogen-bond donors (Lipinski definition) is 1. The van der Waals surface area contributed by atoms with Gasteiger partial charge in [0.2, 0.25) is 17.7 Å². The third-order valence-corrected chi connectivity index (χ3v) is 10.5. The largest absolute Gasteiger partial charge is 0.396 e. The first-order valence-electron chi connectivity index (χ1n) is 16.2. The highest BCUT2D eigenvalue weighted by molar-refractivity contribution is 9.09. The molecule has 1 spiro atoms. The molecule has 1 aromatic heterocycles. The zero-order valence-electron chi connectivity index (χ0n) is 26.4. The second-order valence-corrected chi connectivity index (χ2v) is 13.7. The maximum atomic E-state index is 14.8. The van der Waals surface area contributed by atoms with Crippen LogP contribution in [0.15, 0.2) is 79.9 Å². The normalized spacial score (nSPS) is 26.0. The van der Waals surface area contributed by atoms with Gasteiger partial charge in [-0.25, -0.2) is 4.68 Å². The highest BCUT2D eigenvalue weighted by Gasteiger charge is 2.76. The van der Waals surface area contributed by atoms with Crippen molar-refractivity contribution in [3.05, 3.63) is 85.5 Å². The molecule has 6 rings (SSSR count). The Morgan fingerprint density at radius 1 is 1.02 bits per heavy atom. The van der Waals surface area contributed by atoms with Crippen LogP contribution < -0.4 is 0 Å². The summed E-state index contributed by atoms with van der Waals surface area (Å²) in [5.41, 5.74) is 1.26. The third kappa shape index (κ3) is 6.02. The van der Waals surface area contributed by atoms with E-state index in [9.17, 15) is 19.5 Å². The van der Waals surface area contributed by atoms with E-state index >= 15 is 0 Å². The second kappa shape index (κ2) is 14.1. The van der Waals surface area contributed by atoms with Crippen LogP contribution in [0.4, 0.5) is 0 Å². The van der Waals surface area contributed by atoms with Crippen LogP contribution in [0, 0.1) is 11.8 Å². The van der Waals surface area contributed by atoms with E-state index in [1.165, 1.54) is 0 Å². The Kier molecular flexibility index (Phi) is 9.90. The van der Waals surface area contributed by atoms with Gasteiger partial charge >= 0.3 is 0 Å². The molecule has 0 aliphatic carbocycles. The van der Waals surface area contributed by atoms with Gasteiger partial charge in [0.05, 0.1) is 23.5 Å². The molecule has 4 heterocycles. The number of hydrogen-bond acceptors (Lipinski definition) is 7. The van der Waals surface area contributed by atoms with Crippen molar-refractivity contribution in [3.8, 4) is 0 Å². The number of carbonyl (C=O) groups excluding carboxylic acids is 3. The number of ether oxygens (including phenoxy) is 1. The zero-order chi connectivity index (χ0) is 33.1. The van der Waals surface area contributed by atoms with Gasteiger partial charge in [0.25, 0.3) is 0 Å². The molecule has 248 valence electrons. The van der Waals surface area contributed by atoms with Crippen molar-refractivity contribution < 1.29 is 24.2 Å². The first-order valence-corrected chi connectivity index (χ1v) is 17.1. The molecule has 3 aromatic rings. The lowest BCUT2D eigenvalue weighted by Crippen LogP contribution is -2.57. The molecule has 6 atom stereocenters. The van der Waals surface area contributed by atoms with Gasteiger partial charge in [-0.05, 0) is 43.4 Å². The number of aliphatic hydroxyl groups excluding tert-OH is 1. The van der Waals surface area contributed by atoms with Crippen LogP contribution in [-0.2, 0) is 32.3 Å². The lowest BCUT2D eigenvalue weighted by molar-refractivity contribution is -0.150. The summed E-state index contributed by atoms with van der Waals surface area (Å²) in [6.07, 6.45) is 5.07. The van der Waals surface area contributed by atoms with Gasteiger partial charge < -0.3 is 24.5 Å². The number of rotatable bonds is 15. The van der Waals surface area contributed by atoms with Crippen molar-refractivity contribution in [1.29, 1.82) is 0 Å². The predicted molar refractivity (Wildman–Crippen MR) is 180 cm³/mol. The Bertz CT molecular complexity index is 1630. The fourth-order valence-corrected chi connectivity index (χ4v) is 8.58. The summed E-state index contributed by atoms with van der Waals surface area (Å²) in [6, 6.07) is 16.3. The molecule has 3 amide bonds. The second-order valence-electron chi connectivity index (χ2n) is 12.5. The first-order chi connectivity index (χ1) is 22.8. The predicted octanol–water partition coefficient (Wildman–Crippen LogP) is 3.53. The molecule has 3 aliphatic rings. The molecular weight excluding hydrogens is 664 g/mol. The number of aliphatic hydroxyl groups is 1. The Labute approximate surface area is 283 Å². The minimum absolute atomic E-state index is 0.0506. The highest BCUT2D eigenvalue weighted by Crippen LogP contribution is 2.60. The molecule has 3 aliphatic heterocycles. The lowest BCUT2D eigenvalue weighted by atomic mass is 9.70. The van der Waals surface area contributed by atoms with Crippen molar-refractivity contribution in [3.63, 3.8) is 0 Å². The number of alkyl halides is 1. The number of benzene rings is 2. The minimum atomic E-state index is -1.19. The van der Waals surface area contributed by atoms with Gasteiger partial charge in [-0.2, -0.15) is 0 Å². The van der Waals surface area contributed by atoms with Crippen LogP contribution in [0.5, 0.6) is 0 Å². The van der Waals surface area contributed by atoms with Crippen LogP contribution in [0.2, 0.25) is 0 Å². The summed E-state index contributed by atoms with van der Waals surface area (Å²) in [5.74, 6) is -2.30. The van der Waals surface area contributed by atoms with Gasteiger partial charge in [0.15, 0.2) is 0 Å². The van der Waals surface area contributed by atoms with E-state index < -0.39 is 29.6 Å². The molecule has 3 saturated heterocycles. The lowest BCUT2D eigenvalue weighted by Gasteiger charge is -2.37. The van der Waals surface area contributed by atoms with E-state index in [0.717, 1.165) is 11.1 Å². The van der Waals surface area contributed by atoms with Gasteiger partial charge in [-0.3, -0.25) is 14.4 Å². The van der Waals surface area contributed by atoms with Crippen LogP contribution in [0.25, 0.3) is 11.0 Å². The Hall–Kier alpha value is -3.87. The quantitative estimate of drug-likeness (QED) is 0.146. The van der Waals surface area contributed by atoms with Gasteiger partial charge in [-0.1, -0.05) is 75.8 Å². The average Bonchev–Trinajstić information content (AvgIpc) is 3.80. The topological polar surface area (TPSA) is 121 Å². The van der Waals surface area contributed by atoms with E-state index in [0.29, 0.717) is 50.8 Å². The molecule has 3 unspecified atom stereocenters. The summed E-state index contributed by atoms with van der Waals surface area (Å²) < 4.78 is 8.44. The number of amides is 3. The Morgan fingerprint density at radius 2 is 1.74 bits per heavy atom. The van der Waals surface area contributed by atoms with Crippen molar-refractivity contribution in [1.82, 2.24) is 29.7 Å². The number of unbranched alkanes of at least 4 members (excludes halogenated alkanes) is 2.